The Morgan fingerprint density at radius 3 is 2.50 bits per heavy atom. The van der Waals surface area contributed by atoms with Crippen molar-refractivity contribution in [3.63, 3.8) is 0 Å². The highest BCUT2D eigenvalue weighted by Crippen LogP contribution is 2.37. The average molecular weight is 265 g/mol. The van der Waals surface area contributed by atoms with Crippen molar-refractivity contribution in [1.82, 2.24) is 0 Å². The fraction of sp³-hybridized carbons (Fsp3) is 0.600. The molecule has 0 saturated heterocycles. The van der Waals surface area contributed by atoms with Crippen molar-refractivity contribution in [3.05, 3.63) is 29.8 Å². The van der Waals surface area contributed by atoms with E-state index in [0.717, 1.165) is 24.2 Å². The van der Waals surface area contributed by atoms with Gasteiger partial charge in [0.1, 0.15) is 0 Å². The van der Waals surface area contributed by atoms with E-state index >= 15 is 0 Å². The SMILES string of the molecule is Cc1ccc(S(=O)C2CCCC(C)(C)C2N)cc1. The van der Waals surface area contributed by atoms with Crippen LogP contribution >= 0.6 is 0 Å². The summed E-state index contributed by atoms with van der Waals surface area (Å²) in [5, 5.41) is 0.0939. The van der Waals surface area contributed by atoms with Crippen LogP contribution in [0.4, 0.5) is 0 Å². The Balaban J connectivity index is 2.20. The lowest BCUT2D eigenvalue weighted by molar-refractivity contribution is 0.206. The van der Waals surface area contributed by atoms with Gasteiger partial charge < -0.3 is 5.73 Å². The van der Waals surface area contributed by atoms with Crippen LogP contribution in [0.5, 0.6) is 0 Å². The van der Waals surface area contributed by atoms with Gasteiger partial charge in [-0.05, 0) is 37.3 Å². The first-order valence-corrected chi connectivity index (χ1v) is 7.86. The Bertz CT molecular complexity index is 438. The minimum atomic E-state index is -0.980. The van der Waals surface area contributed by atoms with Gasteiger partial charge >= 0.3 is 0 Å². The van der Waals surface area contributed by atoms with Crippen molar-refractivity contribution >= 4 is 10.8 Å². The Hall–Kier alpha value is -0.670. The van der Waals surface area contributed by atoms with Gasteiger partial charge in [-0.25, -0.2) is 0 Å². The van der Waals surface area contributed by atoms with Crippen LogP contribution in [0.1, 0.15) is 38.7 Å². The van der Waals surface area contributed by atoms with Crippen molar-refractivity contribution in [3.8, 4) is 0 Å². The van der Waals surface area contributed by atoms with Crippen LogP contribution in [0.3, 0.4) is 0 Å². The zero-order valence-corrected chi connectivity index (χ0v) is 12.3. The molecule has 1 aliphatic carbocycles. The van der Waals surface area contributed by atoms with Gasteiger partial charge in [0.05, 0.1) is 16.0 Å². The highest BCUT2D eigenvalue weighted by molar-refractivity contribution is 7.85. The standard InChI is InChI=1S/C15H23NOS/c1-11-6-8-12(9-7-11)18(17)13-5-4-10-15(2,3)14(13)16/h6-9,13-14H,4-5,10,16H2,1-3H3. The van der Waals surface area contributed by atoms with Gasteiger partial charge in [-0.2, -0.15) is 0 Å². The highest BCUT2D eigenvalue weighted by atomic mass is 32.2. The minimum absolute atomic E-state index is 0.0217. The minimum Gasteiger partial charge on any atom is -0.326 e. The molecular weight excluding hydrogens is 242 g/mol. The Kier molecular flexibility index (Phi) is 3.93. The van der Waals surface area contributed by atoms with E-state index < -0.39 is 10.8 Å². The quantitative estimate of drug-likeness (QED) is 0.893. The molecule has 3 atom stereocenters. The highest BCUT2D eigenvalue weighted by Gasteiger charge is 2.39. The third-order valence-electron chi connectivity index (χ3n) is 4.14. The van der Waals surface area contributed by atoms with E-state index in [4.69, 9.17) is 5.73 Å². The van der Waals surface area contributed by atoms with Crippen LogP contribution in [0.15, 0.2) is 29.2 Å². The van der Waals surface area contributed by atoms with Crippen molar-refractivity contribution < 1.29 is 4.21 Å². The van der Waals surface area contributed by atoms with Gasteiger partial charge in [0.25, 0.3) is 0 Å². The molecule has 0 amide bonds. The zero-order valence-electron chi connectivity index (χ0n) is 11.5. The second-order valence-corrected chi connectivity index (χ2v) is 7.73. The van der Waals surface area contributed by atoms with Gasteiger partial charge in [0.2, 0.25) is 0 Å². The lowest BCUT2D eigenvalue weighted by Crippen LogP contribution is -2.51. The first-order chi connectivity index (χ1) is 8.42. The van der Waals surface area contributed by atoms with Crippen LogP contribution < -0.4 is 5.73 Å². The summed E-state index contributed by atoms with van der Waals surface area (Å²) in [6.07, 6.45) is 3.24. The van der Waals surface area contributed by atoms with Crippen LogP contribution in [0, 0.1) is 12.3 Å². The molecule has 100 valence electrons. The molecule has 1 aliphatic rings. The lowest BCUT2D eigenvalue weighted by atomic mass is 9.73. The number of rotatable bonds is 2. The van der Waals surface area contributed by atoms with Gasteiger partial charge in [-0.3, -0.25) is 4.21 Å². The number of hydrogen-bond donors (Lipinski definition) is 1. The van der Waals surface area contributed by atoms with Crippen LogP contribution in [0.25, 0.3) is 0 Å². The summed E-state index contributed by atoms with van der Waals surface area (Å²) in [4.78, 5) is 0.916. The maximum absolute atomic E-state index is 12.6. The van der Waals surface area contributed by atoms with Gasteiger partial charge in [-0.15, -0.1) is 0 Å². The molecule has 0 bridgehead atoms. The molecule has 0 radical (unpaired) electrons. The molecule has 3 unspecified atom stereocenters. The summed E-state index contributed by atoms with van der Waals surface area (Å²) in [5.41, 5.74) is 7.63. The number of benzene rings is 1. The Morgan fingerprint density at radius 2 is 1.89 bits per heavy atom. The van der Waals surface area contributed by atoms with Crippen molar-refractivity contribution in [2.24, 2.45) is 11.1 Å². The molecule has 1 saturated carbocycles. The lowest BCUT2D eigenvalue weighted by Gasteiger charge is -2.41. The van der Waals surface area contributed by atoms with E-state index in [9.17, 15) is 4.21 Å². The maximum atomic E-state index is 12.6. The fourth-order valence-corrected chi connectivity index (χ4v) is 4.47. The smallest absolute Gasteiger partial charge is 0.0576 e. The predicted octanol–water partition coefficient (Wildman–Crippen LogP) is 3.01. The van der Waals surface area contributed by atoms with Crippen LogP contribution in [-0.4, -0.2) is 15.5 Å². The average Bonchev–Trinajstić information content (AvgIpc) is 2.33. The van der Waals surface area contributed by atoms with Crippen molar-refractivity contribution in [2.45, 2.75) is 56.2 Å². The number of nitrogens with two attached hydrogens (primary N) is 1. The number of hydrogen-bond acceptors (Lipinski definition) is 2. The largest absolute Gasteiger partial charge is 0.326 e. The maximum Gasteiger partial charge on any atom is 0.0576 e. The first-order valence-electron chi connectivity index (χ1n) is 6.65. The second kappa shape index (κ2) is 5.14. The fourth-order valence-electron chi connectivity index (χ4n) is 2.70. The molecule has 0 spiro atoms. The van der Waals surface area contributed by atoms with Crippen LogP contribution in [0.2, 0.25) is 0 Å². The summed E-state index contributed by atoms with van der Waals surface area (Å²) in [6, 6.07) is 8.01. The number of aryl methyl sites for hydroxylation is 1. The molecule has 1 aromatic carbocycles. The summed E-state index contributed by atoms with van der Waals surface area (Å²) in [6.45, 7) is 6.43. The summed E-state index contributed by atoms with van der Waals surface area (Å²) < 4.78 is 12.6. The van der Waals surface area contributed by atoms with Gasteiger partial charge in [0.15, 0.2) is 0 Å². The summed E-state index contributed by atoms with van der Waals surface area (Å²) in [7, 11) is -0.980. The van der Waals surface area contributed by atoms with E-state index in [1.54, 1.807) is 0 Å². The topological polar surface area (TPSA) is 43.1 Å². The van der Waals surface area contributed by atoms with Crippen LogP contribution in [-0.2, 0) is 10.8 Å². The van der Waals surface area contributed by atoms with E-state index in [2.05, 4.69) is 13.8 Å². The van der Waals surface area contributed by atoms with Crippen molar-refractivity contribution in [1.29, 1.82) is 0 Å². The van der Waals surface area contributed by atoms with Crippen molar-refractivity contribution in [2.75, 3.05) is 0 Å². The third kappa shape index (κ3) is 2.67. The zero-order chi connectivity index (χ0) is 13.3. The summed E-state index contributed by atoms with van der Waals surface area (Å²) in [5.74, 6) is 0. The van der Waals surface area contributed by atoms with E-state index in [-0.39, 0.29) is 16.7 Å². The molecule has 1 fully saturated rings. The van der Waals surface area contributed by atoms with E-state index in [0.29, 0.717) is 0 Å². The normalized spacial score (nSPS) is 28.9. The predicted molar refractivity (Wildman–Crippen MR) is 77.0 cm³/mol. The van der Waals surface area contributed by atoms with Gasteiger partial charge in [0, 0.05) is 10.9 Å². The molecule has 18 heavy (non-hydrogen) atoms. The summed E-state index contributed by atoms with van der Waals surface area (Å²) >= 11 is 0. The molecular formula is C15H23NOS. The molecule has 3 heteroatoms. The third-order valence-corrected chi connectivity index (χ3v) is 5.96. The van der Waals surface area contributed by atoms with E-state index in [1.165, 1.54) is 5.56 Å². The van der Waals surface area contributed by atoms with Gasteiger partial charge in [-0.1, -0.05) is 38.0 Å². The molecule has 0 aliphatic heterocycles. The second-order valence-electron chi connectivity index (χ2n) is 6.06. The Morgan fingerprint density at radius 1 is 1.28 bits per heavy atom. The molecule has 2 N–H and O–H groups in total. The molecule has 2 rings (SSSR count). The Labute approximate surface area is 112 Å². The van der Waals surface area contributed by atoms with E-state index in [1.807, 2.05) is 31.2 Å². The molecule has 2 nitrogen and oxygen atoms in total. The first kappa shape index (κ1) is 13.8. The monoisotopic (exact) mass is 265 g/mol. The molecule has 0 heterocycles. The molecule has 1 aromatic rings. The molecule has 0 aromatic heterocycles.